The summed E-state index contributed by atoms with van der Waals surface area (Å²) in [4.78, 5) is 28.8. The van der Waals surface area contributed by atoms with Crippen LogP contribution in [0.4, 0.5) is 5.69 Å². The van der Waals surface area contributed by atoms with Crippen LogP contribution in [0.2, 0.25) is 10.0 Å². The van der Waals surface area contributed by atoms with Crippen LogP contribution in [0.3, 0.4) is 0 Å². The Hall–Kier alpha value is -3.27. The van der Waals surface area contributed by atoms with Crippen LogP contribution in [0.5, 0.6) is 5.75 Å². The number of ether oxygens (including phenoxy) is 1. The standard InChI is InChI=1S/C30H35Cl2N3O5S/c1-5-21(3)33-30(37)28(6-2)34(19-25-26(31)13-10-14-27(25)32)29(36)20-35(22-11-8-7-9-12-22)41(38,39)24-17-15-23(40-4)16-18-24/h7-18,21,28H,5-6,19-20H2,1-4H3,(H,33,37). The summed E-state index contributed by atoms with van der Waals surface area (Å²) in [6.45, 7) is 4.96. The summed E-state index contributed by atoms with van der Waals surface area (Å²) < 4.78 is 34.0. The summed E-state index contributed by atoms with van der Waals surface area (Å²) >= 11 is 12.9. The fraction of sp³-hybridized carbons (Fsp3) is 0.333. The lowest BCUT2D eigenvalue weighted by Crippen LogP contribution is -2.53. The van der Waals surface area contributed by atoms with Crippen LogP contribution in [0.1, 0.15) is 39.2 Å². The van der Waals surface area contributed by atoms with Crippen LogP contribution in [-0.2, 0) is 26.2 Å². The van der Waals surface area contributed by atoms with Gasteiger partial charge >= 0.3 is 0 Å². The van der Waals surface area contributed by atoms with Crippen molar-refractivity contribution in [2.24, 2.45) is 0 Å². The third-order valence-corrected chi connectivity index (χ3v) is 9.24. The highest BCUT2D eigenvalue weighted by atomic mass is 35.5. The van der Waals surface area contributed by atoms with Crippen molar-refractivity contribution < 1.29 is 22.7 Å². The maximum absolute atomic E-state index is 14.1. The topological polar surface area (TPSA) is 96.0 Å². The number of hydrogen-bond donors (Lipinski definition) is 1. The largest absolute Gasteiger partial charge is 0.497 e. The average Bonchev–Trinajstić information content (AvgIpc) is 2.97. The van der Waals surface area contributed by atoms with Gasteiger partial charge < -0.3 is 15.0 Å². The fourth-order valence-corrected chi connectivity index (χ4v) is 6.14. The number of benzene rings is 3. The second kappa shape index (κ2) is 14.6. The van der Waals surface area contributed by atoms with Crippen LogP contribution >= 0.6 is 23.2 Å². The van der Waals surface area contributed by atoms with E-state index in [0.29, 0.717) is 33.5 Å². The van der Waals surface area contributed by atoms with E-state index in [0.717, 1.165) is 4.31 Å². The molecule has 0 saturated carbocycles. The van der Waals surface area contributed by atoms with Crippen LogP contribution in [0.25, 0.3) is 0 Å². The zero-order valence-corrected chi connectivity index (χ0v) is 25.8. The molecule has 0 heterocycles. The van der Waals surface area contributed by atoms with Gasteiger partial charge in [0.05, 0.1) is 17.7 Å². The van der Waals surface area contributed by atoms with E-state index in [2.05, 4.69) is 5.32 Å². The van der Waals surface area contributed by atoms with Gasteiger partial charge in [0.25, 0.3) is 10.0 Å². The number of nitrogens with zero attached hydrogens (tertiary/aromatic N) is 2. The number of carbonyl (C=O) groups excluding carboxylic acids is 2. The number of methoxy groups -OCH3 is 1. The van der Waals surface area contributed by atoms with E-state index in [1.165, 1.54) is 36.3 Å². The first kappa shape index (κ1) is 32.2. The second-order valence-electron chi connectivity index (χ2n) is 9.49. The molecule has 0 aliphatic rings. The van der Waals surface area contributed by atoms with Crippen molar-refractivity contribution >= 4 is 50.7 Å². The van der Waals surface area contributed by atoms with Gasteiger partial charge in [0.1, 0.15) is 18.3 Å². The lowest BCUT2D eigenvalue weighted by Gasteiger charge is -2.34. The number of nitrogens with one attached hydrogen (secondary N) is 1. The molecule has 41 heavy (non-hydrogen) atoms. The molecule has 0 fully saturated rings. The highest BCUT2D eigenvalue weighted by Gasteiger charge is 2.34. The molecule has 0 spiro atoms. The Kier molecular flexibility index (Phi) is 11.5. The number of hydrogen-bond acceptors (Lipinski definition) is 5. The van der Waals surface area contributed by atoms with E-state index < -0.39 is 28.5 Å². The van der Waals surface area contributed by atoms with E-state index in [4.69, 9.17) is 27.9 Å². The van der Waals surface area contributed by atoms with Gasteiger partial charge in [-0.2, -0.15) is 0 Å². The zero-order chi connectivity index (χ0) is 30.2. The summed E-state index contributed by atoms with van der Waals surface area (Å²) in [6, 6.07) is 18.2. The summed E-state index contributed by atoms with van der Waals surface area (Å²) in [5.74, 6) is -0.442. The molecule has 0 bridgehead atoms. The smallest absolute Gasteiger partial charge is 0.264 e. The minimum absolute atomic E-state index is 0.0165. The molecule has 220 valence electrons. The minimum atomic E-state index is -4.19. The number of para-hydroxylation sites is 1. The molecule has 2 atom stereocenters. The molecule has 1 N–H and O–H groups in total. The SMILES string of the molecule is CCC(C)NC(=O)C(CC)N(Cc1c(Cl)cccc1Cl)C(=O)CN(c1ccccc1)S(=O)(=O)c1ccc(OC)cc1. The van der Waals surface area contributed by atoms with Crippen LogP contribution < -0.4 is 14.4 Å². The Balaban J connectivity index is 2.07. The molecule has 8 nitrogen and oxygen atoms in total. The number of carbonyl (C=O) groups is 2. The molecule has 2 unspecified atom stereocenters. The normalized spacial score (nSPS) is 12.7. The lowest BCUT2D eigenvalue weighted by atomic mass is 10.1. The molecule has 3 rings (SSSR count). The third kappa shape index (κ3) is 7.93. The Labute approximate surface area is 252 Å². The van der Waals surface area contributed by atoms with Crippen molar-refractivity contribution in [1.29, 1.82) is 0 Å². The molecule has 3 aromatic rings. The van der Waals surface area contributed by atoms with Gasteiger partial charge in [0.15, 0.2) is 0 Å². The predicted molar refractivity (Wildman–Crippen MR) is 163 cm³/mol. The van der Waals surface area contributed by atoms with Gasteiger partial charge in [0.2, 0.25) is 11.8 Å². The van der Waals surface area contributed by atoms with Crippen molar-refractivity contribution in [1.82, 2.24) is 10.2 Å². The quantitative estimate of drug-likeness (QED) is 0.256. The summed E-state index contributed by atoms with van der Waals surface area (Å²) in [7, 11) is -2.71. The predicted octanol–water partition coefficient (Wildman–Crippen LogP) is 5.92. The van der Waals surface area contributed by atoms with Crippen LogP contribution in [0.15, 0.2) is 77.7 Å². The molecule has 0 radical (unpaired) electrons. The van der Waals surface area contributed by atoms with E-state index >= 15 is 0 Å². The van der Waals surface area contributed by atoms with Gasteiger partial charge in [-0.1, -0.05) is 61.3 Å². The minimum Gasteiger partial charge on any atom is -0.497 e. The van der Waals surface area contributed by atoms with Crippen molar-refractivity contribution in [3.05, 3.63) is 88.4 Å². The zero-order valence-electron chi connectivity index (χ0n) is 23.5. The van der Waals surface area contributed by atoms with E-state index in [1.807, 2.05) is 13.8 Å². The van der Waals surface area contributed by atoms with Crippen molar-refractivity contribution in [2.75, 3.05) is 18.0 Å². The number of amides is 2. The lowest BCUT2D eigenvalue weighted by molar-refractivity contribution is -0.140. The van der Waals surface area contributed by atoms with Crippen LogP contribution in [-0.4, -0.2) is 50.9 Å². The summed E-state index contributed by atoms with van der Waals surface area (Å²) in [5, 5.41) is 3.60. The highest BCUT2D eigenvalue weighted by molar-refractivity contribution is 7.92. The van der Waals surface area contributed by atoms with Gasteiger partial charge in [-0.05, 0) is 68.3 Å². The van der Waals surface area contributed by atoms with E-state index in [-0.39, 0.29) is 29.8 Å². The van der Waals surface area contributed by atoms with Gasteiger partial charge in [-0.25, -0.2) is 8.42 Å². The third-order valence-electron chi connectivity index (χ3n) is 6.75. The molecule has 11 heteroatoms. The first-order valence-electron chi connectivity index (χ1n) is 13.3. The van der Waals surface area contributed by atoms with Crippen molar-refractivity contribution in [2.45, 2.75) is 57.1 Å². The molecule has 3 aromatic carbocycles. The maximum Gasteiger partial charge on any atom is 0.264 e. The Morgan fingerprint density at radius 2 is 1.51 bits per heavy atom. The van der Waals surface area contributed by atoms with Gasteiger partial charge in [-0.3, -0.25) is 13.9 Å². The molecular weight excluding hydrogens is 585 g/mol. The molecule has 0 aliphatic heterocycles. The molecular formula is C30H35Cl2N3O5S. The summed E-state index contributed by atoms with van der Waals surface area (Å²) in [5.41, 5.74) is 0.757. The first-order chi connectivity index (χ1) is 19.5. The van der Waals surface area contributed by atoms with Crippen molar-refractivity contribution in [3.8, 4) is 5.75 Å². The monoisotopic (exact) mass is 619 g/mol. The van der Waals surface area contributed by atoms with Crippen molar-refractivity contribution in [3.63, 3.8) is 0 Å². The van der Waals surface area contributed by atoms with Gasteiger partial charge in [0, 0.05) is 28.2 Å². The van der Waals surface area contributed by atoms with E-state index in [1.54, 1.807) is 55.5 Å². The molecule has 0 aliphatic carbocycles. The summed E-state index contributed by atoms with van der Waals surface area (Å²) in [6.07, 6.45) is 0.987. The average molecular weight is 621 g/mol. The molecule has 0 saturated heterocycles. The maximum atomic E-state index is 14.1. The fourth-order valence-electron chi connectivity index (χ4n) is 4.21. The highest BCUT2D eigenvalue weighted by Crippen LogP contribution is 2.29. The first-order valence-corrected chi connectivity index (χ1v) is 15.5. The second-order valence-corrected chi connectivity index (χ2v) is 12.2. The number of anilines is 1. The molecule has 0 aromatic heterocycles. The number of halogens is 2. The Morgan fingerprint density at radius 1 is 0.902 bits per heavy atom. The number of sulfonamides is 1. The number of rotatable bonds is 13. The Morgan fingerprint density at radius 3 is 2.05 bits per heavy atom. The molecule has 2 amide bonds. The van der Waals surface area contributed by atoms with Gasteiger partial charge in [-0.15, -0.1) is 0 Å². The van der Waals surface area contributed by atoms with Crippen LogP contribution in [0, 0.1) is 0 Å². The Bertz CT molecular complexity index is 1420. The van der Waals surface area contributed by atoms with E-state index in [9.17, 15) is 18.0 Å².